The lowest BCUT2D eigenvalue weighted by Crippen LogP contribution is -2.65. The number of halogens is 8. The Labute approximate surface area is 600 Å². The third-order valence-corrected chi connectivity index (χ3v) is 23.4. The molecule has 3 aliphatic heterocycles. The second kappa shape index (κ2) is 35.8. The molecule has 0 aromatic carbocycles. The highest BCUT2D eigenvalue weighted by molar-refractivity contribution is 6.00. The molecule has 584 valence electrons. The second-order valence-electron chi connectivity index (χ2n) is 31.1. The first-order valence-corrected chi connectivity index (χ1v) is 37.5. The van der Waals surface area contributed by atoms with Crippen LogP contribution in [0.2, 0.25) is 0 Å². The smallest absolute Gasteiger partial charge is 0.377 e. The molecule has 3 saturated heterocycles. The minimum absolute atomic E-state index is 0.0153. The summed E-state index contributed by atoms with van der Waals surface area (Å²) < 4.78 is 121. The highest BCUT2D eigenvalue weighted by Crippen LogP contribution is 2.46. The van der Waals surface area contributed by atoms with Crippen molar-refractivity contribution in [3.05, 3.63) is 0 Å². The van der Waals surface area contributed by atoms with E-state index in [2.05, 4.69) is 21.3 Å². The first kappa shape index (κ1) is 83.8. The maximum Gasteiger partial charge on any atom is 0.397 e. The van der Waals surface area contributed by atoms with Crippen LogP contribution in [0.5, 0.6) is 0 Å². The minimum Gasteiger partial charge on any atom is -0.377 e. The molecule has 0 aromatic heterocycles. The van der Waals surface area contributed by atoms with E-state index in [4.69, 9.17) is 4.74 Å². The van der Waals surface area contributed by atoms with E-state index in [0.29, 0.717) is 32.1 Å². The highest BCUT2D eigenvalue weighted by atomic mass is 19.4. The van der Waals surface area contributed by atoms with Gasteiger partial charge in [0.2, 0.25) is 65.0 Å². The first-order chi connectivity index (χ1) is 48.3. The molecule has 2 unspecified atom stereocenters. The van der Waals surface area contributed by atoms with Crippen LogP contribution in [0.25, 0.3) is 0 Å². The van der Waals surface area contributed by atoms with Crippen LogP contribution in [-0.2, 0) is 57.5 Å². The van der Waals surface area contributed by atoms with Crippen molar-refractivity contribution in [3.8, 4) is 0 Å². The monoisotopic (exact) mass is 1480 g/mol. The summed E-state index contributed by atoms with van der Waals surface area (Å²) in [7, 11) is 5.71. The van der Waals surface area contributed by atoms with Crippen LogP contribution in [-0.4, -0.2) is 251 Å². The van der Waals surface area contributed by atoms with E-state index in [-0.39, 0.29) is 115 Å². The van der Waals surface area contributed by atoms with Gasteiger partial charge in [0.05, 0.1) is 18.6 Å². The van der Waals surface area contributed by atoms with Gasteiger partial charge in [-0.05, 0) is 154 Å². The molecule has 0 radical (unpaired) electrons. The van der Waals surface area contributed by atoms with Gasteiger partial charge < -0.3 is 60.3 Å². The van der Waals surface area contributed by atoms with Crippen LogP contribution in [0.15, 0.2) is 0 Å². The second-order valence-corrected chi connectivity index (χ2v) is 31.1. The summed E-state index contributed by atoms with van der Waals surface area (Å²) in [5, 5.41) is 11.2. The maximum atomic E-state index is 15.5. The molecule has 4 aliphatic carbocycles. The zero-order valence-corrected chi connectivity index (χ0v) is 62.1. The largest absolute Gasteiger partial charge is 0.397 e. The highest BCUT2D eigenvalue weighted by Gasteiger charge is 2.56. The van der Waals surface area contributed by atoms with Gasteiger partial charge >= 0.3 is 12.4 Å². The lowest BCUT2D eigenvalue weighted by atomic mass is 9.76. The molecule has 0 aromatic rings. The number of ether oxygens (including phenoxy) is 1. The van der Waals surface area contributed by atoms with E-state index < -0.39 is 211 Å². The summed E-state index contributed by atoms with van der Waals surface area (Å²) >= 11 is 0. The number of rotatable bonds is 13. The van der Waals surface area contributed by atoms with Crippen molar-refractivity contribution >= 4 is 65.0 Å². The molecule has 0 bridgehead atoms. The molecule has 3 heterocycles. The summed E-state index contributed by atoms with van der Waals surface area (Å²) in [4.78, 5) is 173. The molecular formula is C72H113F8N11O12. The fraction of sp³-hybridized carbons (Fsp3) is 0.847. The summed E-state index contributed by atoms with van der Waals surface area (Å²) in [6, 6.07) is -11.3. The lowest BCUT2D eigenvalue weighted by Gasteiger charge is -2.45. The standard InChI is InChI=1S/C72H113F8N11O12/c1-13-41(6)59-63(96)81-43(8)64(97)90-31-28-52(90)67(100)89(14-2)55(36-44-22-25-47(26-23-44)71(75,76)77)66(99)85(9)39-56(92)82-51(27-24-45-34-49(73)58(50(74)35-45)72(78,79)80)65(98)91-38-48(103-15-3)37-54(91)62(95)84-70(29-18-19-30-70)69(102)88(12)60(46-20-16-17-21-46)68(101)86(10)42(7)33-57(93)87(11)53(32-40(4)5)61(94)83-59/h40-55,58-60H,13-39H2,1-12H3,(H,81,96)(H,82,92)(H,83,94)(H,84,95)/t41-,42+,43-,44?,45?,47?,48+,49?,50?,51-,52-,53-,54-,55-,58?,59-,60-/m0/s1. The summed E-state index contributed by atoms with van der Waals surface area (Å²) in [5.74, 6) is -15.1. The van der Waals surface area contributed by atoms with Gasteiger partial charge in [-0.2, -0.15) is 26.3 Å². The SMILES string of the molecule is CCO[C@@H]1C[C@H]2C(=O)NC3(CCCC3)C(=O)N(C)[C@@H](C3CCCC3)C(=O)N(C)[C@H](C)CC(=O)N(C)[C@@H](CC(C)C)C(=O)N[C@@H]([C@@H](C)CC)C(=O)N[C@@H](C)C(=O)N3CC[C@H]3C(=O)N(CC)[C@@H](CC3CCC(C(F)(F)F)CC3)C(=O)N(C)CC(=O)N[C@@H](CCC3CC(F)C(C(F)(F)F)C(F)C3)C(=O)N2C1. The van der Waals surface area contributed by atoms with Crippen LogP contribution in [0, 0.1) is 41.4 Å². The molecule has 4 saturated carbocycles. The van der Waals surface area contributed by atoms with E-state index >= 15 is 37.5 Å². The van der Waals surface area contributed by atoms with E-state index in [1.165, 1.54) is 59.6 Å². The van der Waals surface area contributed by atoms with Gasteiger partial charge in [-0.25, -0.2) is 8.78 Å². The predicted octanol–water partition coefficient (Wildman–Crippen LogP) is 7.16. The maximum absolute atomic E-state index is 15.5. The Morgan fingerprint density at radius 2 is 1.23 bits per heavy atom. The average molecular weight is 1480 g/mol. The molecule has 1 spiro atoms. The van der Waals surface area contributed by atoms with Crippen LogP contribution >= 0.6 is 0 Å². The number of amides is 11. The van der Waals surface area contributed by atoms with Crippen LogP contribution in [0.1, 0.15) is 197 Å². The molecular weight excluding hydrogens is 1360 g/mol. The number of alkyl halides is 8. The van der Waals surface area contributed by atoms with Crippen molar-refractivity contribution in [2.24, 2.45) is 41.4 Å². The van der Waals surface area contributed by atoms with Crippen molar-refractivity contribution in [2.75, 3.05) is 61.0 Å². The van der Waals surface area contributed by atoms with Crippen LogP contribution in [0.3, 0.4) is 0 Å². The number of nitrogens with zero attached hydrogens (tertiary/aromatic N) is 7. The Kier molecular flexibility index (Phi) is 29.1. The third kappa shape index (κ3) is 20.2. The molecule has 4 N–H and O–H groups in total. The van der Waals surface area contributed by atoms with E-state index in [9.17, 15) is 50.3 Å². The Bertz CT molecular complexity index is 2990. The molecule has 7 aliphatic rings. The Morgan fingerprint density at radius 3 is 1.78 bits per heavy atom. The fourth-order valence-corrected chi connectivity index (χ4v) is 16.9. The molecule has 103 heavy (non-hydrogen) atoms. The number of carbonyl (C=O) groups is 11. The average Bonchev–Trinajstić information content (AvgIpc) is 1.77. The summed E-state index contributed by atoms with van der Waals surface area (Å²) in [5.41, 5.74) is -1.63. The van der Waals surface area contributed by atoms with Crippen LogP contribution in [0.4, 0.5) is 35.1 Å². The fourth-order valence-electron chi connectivity index (χ4n) is 16.9. The number of nitrogens with one attached hydrogen (secondary N) is 4. The zero-order valence-electron chi connectivity index (χ0n) is 62.1. The topological polar surface area (TPSA) is 268 Å². The van der Waals surface area contributed by atoms with Gasteiger partial charge in [0.25, 0.3) is 0 Å². The van der Waals surface area contributed by atoms with Gasteiger partial charge in [-0.15, -0.1) is 0 Å². The van der Waals surface area contributed by atoms with Crippen molar-refractivity contribution in [3.63, 3.8) is 0 Å². The number of carbonyl (C=O) groups excluding carboxylic acids is 11. The quantitative estimate of drug-likeness (QED) is 0.134. The van der Waals surface area contributed by atoms with Gasteiger partial charge in [-0.1, -0.05) is 59.8 Å². The van der Waals surface area contributed by atoms with Gasteiger partial charge in [-0.3, -0.25) is 52.7 Å². The molecule has 7 rings (SSSR count). The first-order valence-electron chi connectivity index (χ1n) is 37.5. The minimum atomic E-state index is -5.20. The summed E-state index contributed by atoms with van der Waals surface area (Å²) in [6.07, 6.45) is -14.6. The van der Waals surface area contributed by atoms with E-state index in [1.807, 2.05) is 13.8 Å². The molecule has 23 nitrogen and oxygen atoms in total. The molecule has 31 heteroatoms. The van der Waals surface area contributed by atoms with Gasteiger partial charge in [0.1, 0.15) is 72.1 Å². The van der Waals surface area contributed by atoms with Gasteiger partial charge in [0, 0.05) is 73.3 Å². The third-order valence-electron chi connectivity index (χ3n) is 23.4. The zero-order chi connectivity index (χ0) is 76.5. The van der Waals surface area contributed by atoms with Crippen molar-refractivity contribution < 1.29 is 92.6 Å². The Hall–Kier alpha value is -6.43. The molecule has 13 atom stereocenters. The van der Waals surface area contributed by atoms with Crippen molar-refractivity contribution in [1.29, 1.82) is 0 Å². The molecule has 7 fully saturated rings. The number of likely N-dealkylation sites (N-methyl/N-ethyl adjacent to an activating group) is 5. The van der Waals surface area contributed by atoms with Gasteiger partial charge in [0.15, 0.2) is 0 Å². The number of hydrogen-bond acceptors (Lipinski definition) is 12. The van der Waals surface area contributed by atoms with Crippen molar-refractivity contribution in [2.45, 2.75) is 287 Å². The Morgan fingerprint density at radius 1 is 0.612 bits per heavy atom. The van der Waals surface area contributed by atoms with E-state index in [1.54, 1.807) is 34.6 Å². The molecule has 11 amide bonds. The predicted molar refractivity (Wildman–Crippen MR) is 364 cm³/mol. The number of fused-ring (bicyclic) bond motifs is 2. The number of hydrogen-bond donors (Lipinski definition) is 4. The summed E-state index contributed by atoms with van der Waals surface area (Å²) in [6.45, 7) is 12.4. The van der Waals surface area contributed by atoms with Crippen molar-refractivity contribution in [1.82, 2.24) is 55.6 Å². The normalized spacial score (nSPS) is 33.3. The van der Waals surface area contributed by atoms with Crippen LogP contribution < -0.4 is 21.3 Å². The van der Waals surface area contributed by atoms with E-state index in [0.717, 1.165) is 22.6 Å². The lowest BCUT2D eigenvalue weighted by molar-refractivity contribution is -0.219. The Balaban J connectivity index is 1.28.